The van der Waals surface area contributed by atoms with Crippen LogP contribution in [0.15, 0.2) is 42.7 Å². The van der Waals surface area contributed by atoms with E-state index in [9.17, 15) is 9.90 Å². The summed E-state index contributed by atoms with van der Waals surface area (Å²) >= 11 is 0. The zero-order chi connectivity index (χ0) is 22.0. The molecule has 0 aliphatic heterocycles. The molecule has 3 aromatic rings. The molecule has 0 spiro atoms. The van der Waals surface area contributed by atoms with E-state index in [0.29, 0.717) is 23.6 Å². The van der Waals surface area contributed by atoms with Gasteiger partial charge in [0.25, 0.3) is 0 Å². The highest BCUT2D eigenvalue weighted by Gasteiger charge is 2.44. The van der Waals surface area contributed by atoms with E-state index in [0.717, 1.165) is 24.0 Å². The van der Waals surface area contributed by atoms with Crippen molar-refractivity contribution in [1.82, 2.24) is 20.2 Å². The fourth-order valence-electron chi connectivity index (χ4n) is 3.28. The number of carbonyl (C=O) groups excluding carboxylic acids is 1. The lowest BCUT2D eigenvalue weighted by molar-refractivity contribution is -0.000785. The van der Waals surface area contributed by atoms with Crippen LogP contribution in [0.25, 0.3) is 16.9 Å². The Morgan fingerprint density at radius 3 is 2.71 bits per heavy atom. The van der Waals surface area contributed by atoms with E-state index in [4.69, 9.17) is 14.8 Å². The molecule has 9 heteroatoms. The molecule has 1 saturated carbocycles. The van der Waals surface area contributed by atoms with E-state index in [-0.39, 0.29) is 17.0 Å². The molecule has 0 atom stereocenters. The number of hydrogen-bond acceptors (Lipinski definition) is 8. The Balaban J connectivity index is 1.50. The molecule has 1 aliphatic rings. The maximum atomic E-state index is 12.3. The minimum Gasteiger partial charge on any atom is -0.493 e. The van der Waals surface area contributed by atoms with Crippen LogP contribution >= 0.6 is 0 Å². The van der Waals surface area contributed by atoms with Crippen molar-refractivity contribution in [1.29, 1.82) is 5.26 Å². The largest absolute Gasteiger partial charge is 0.493 e. The number of aryl methyl sites for hydroxylation is 1. The van der Waals surface area contributed by atoms with E-state index in [1.165, 1.54) is 17.1 Å². The van der Waals surface area contributed by atoms with Crippen LogP contribution in [0.2, 0.25) is 0 Å². The van der Waals surface area contributed by atoms with Crippen molar-refractivity contribution in [3.63, 3.8) is 0 Å². The van der Waals surface area contributed by atoms with Crippen molar-refractivity contribution >= 4 is 5.97 Å². The molecule has 1 fully saturated rings. The van der Waals surface area contributed by atoms with Crippen molar-refractivity contribution in [2.45, 2.75) is 25.3 Å². The third-order valence-electron chi connectivity index (χ3n) is 5.22. The van der Waals surface area contributed by atoms with Crippen LogP contribution < -0.4 is 5.48 Å². The number of benzene rings is 1. The molecule has 2 heterocycles. The quantitative estimate of drug-likeness (QED) is 0.561. The van der Waals surface area contributed by atoms with Crippen LogP contribution in [0, 0.1) is 18.3 Å². The fraction of sp³-hybridized carbons (Fsp3) is 0.273. The first-order valence-corrected chi connectivity index (χ1v) is 9.68. The minimum absolute atomic E-state index is 0.0902. The Kier molecular flexibility index (Phi) is 5.42. The van der Waals surface area contributed by atoms with Crippen LogP contribution in [0.3, 0.4) is 0 Å². The molecule has 0 unspecified atom stereocenters. The highest BCUT2D eigenvalue weighted by Crippen LogP contribution is 2.35. The van der Waals surface area contributed by atoms with Gasteiger partial charge in [-0.3, -0.25) is 0 Å². The lowest BCUT2D eigenvalue weighted by Gasteiger charge is -2.15. The van der Waals surface area contributed by atoms with Crippen LogP contribution in [0.4, 0.5) is 0 Å². The second-order valence-corrected chi connectivity index (χ2v) is 7.55. The molecule has 9 nitrogen and oxygen atoms in total. The maximum Gasteiger partial charge on any atom is 0.358 e. The SMILES string of the molecule is COCC1(NOC(=O)c2ccc(-n3ncc(-c4ccc(C#N)cc4C)c3O)nc2)CC1. The molecule has 0 saturated heterocycles. The lowest BCUT2D eigenvalue weighted by atomic mass is 10.0. The van der Waals surface area contributed by atoms with Gasteiger partial charge in [-0.15, -0.1) is 5.48 Å². The molecule has 0 amide bonds. The number of methoxy groups -OCH3 is 1. The normalized spacial score (nSPS) is 14.1. The number of nitrogens with zero attached hydrogens (tertiary/aromatic N) is 4. The number of aromatic hydroxyl groups is 1. The Morgan fingerprint density at radius 2 is 2.10 bits per heavy atom. The van der Waals surface area contributed by atoms with E-state index in [2.05, 4.69) is 21.6 Å². The number of rotatable bonds is 7. The van der Waals surface area contributed by atoms with Gasteiger partial charge in [0.15, 0.2) is 5.82 Å². The first-order chi connectivity index (χ1) is 15.0. The number of ether oxygens (including phenoxy) is 1. The molecule has 158 valence electrons. The van der Waals surface area contributed by atoms with Gasteiger partial charge >= 0.3 is 5.97 Å². The van der Waals surface area contributed by atoms with E-state index in [1.807, 2.05) is 6.92 Å². The Hall–Kier alpha value is -3.74. The summed E-state index contributed by atoms with van der Waals surface area (Å²) in [5.41, 5.74) is 5.42. The van der Waals surface area contributed by atoms with Gasteiger partial charge < -0.3 is 14.7 Å². The first-order valence-electron chi connectivity index (χ1n) is 9.68. The molecule has 4 rings (SSSR count). The summed E-state index contributed by atoms with van der Waals surface area (Å²) in [4.78, 5) is 21.7. The van der Waals surface area contributed by atoms with Gasteiger partial charge in [0.05, 0.1) is 41.1 Å². The summed E-state index contributed by atoms with van der Waals surface area (Å²) in [6.07, 6.45) is 4.65. The number of hydrogen-bond donors (Lipinski definition) is 2. The van der Waals surface area contributed by atoms with Gasteiger partial charge in [-0.1, -0.05) is 6.07 Å². The molecule has 0 bridgehead atoms. The van der Waals surface area contributed by atoms with Crippen LogP contribution in [-0.2, 0) is 9.57 Å². The molecule has 1 aromatic carbocycles. The van der Waals surface area contributed by atoms with Crippen molar-refractivity contribution in [2.75, 3.05) is 13.7 Å². The summed E-state index contributed by atoms with van der Waals surface area (Å²) in [6, 6.07) is 10.4. The van der Waals surface area contributed by atoms with E-state index in [1.54, 1.807) is 37.4 Å². The summed E-state index contributed by atoms with van der Waals surface area (Å²) in [5, 5.41) is 23.9. The monoisotopic (exact) mass is 419 g/mol. The Labute approximate surface area is 178 Å². The van der Waals surface area contributed by atoms with Gasteiger partial charge in [0, 0.05) is 13.3 Å². The van der Waals surface area contributed by atoms with Gasteiger partial charge in [0.1, 0.15) is 0 Å². The zero-order valence-electron chi connectivity index (χ0n) is 17.1. The van der Waals surface area contributed by atoms with Crippen LogP contribution in [0.1, 0.15) is 34.3 Å². The van der Waals surface area contributed by atoms with Crippen LogP contribution in [0.5, 0.6) is 5.88 Å². The van der Waals surface area contributed by atoms with Crippen molar-refractivity contribution in [2.24, 2.45) is 0 Å². The first kappa shape index (κ1) is 20.5. The minimum atomic E-state index is -0.556. The molecular weight excluding hydrogens is 398 g/mol. The van der Waals surface area contributed by atoms with Crippen molar-refractivity contribution in [3.05, 3.63) is 59.4 Å². The summed E-state index contributed by atoms with van der Waals surface area (Å²) in [5.74, 6) is -0.301. The van der Waals surface area contributed by atoms with Gasteiger partial charge in [-0.05, 0) is 55.2 Å². The second kappa shape index (κ2) is 8.18. The van der Waals surface area contributed by atoms with Gasteiger partial charge in [0.2, 0.25) is 5.88 Å². The second-order valence-electron chi connectivity index (χ2n) is 7.55. The summed E-state index contributed by atoms with van der Waals surface area (Å²) < 4.78 is 6.40. The van der Waals surface area contributed by atoms with Crippen molar-refractivity contribution < 1.29 is 19.5 Å². The van der Waals surface area contributed by atoms with Gasteiger partial charge in [-0.25, -0.2) is 9.78 Å². The highest BCUT2D eigenvalue weighted by atomic mass is 16.7. The lowest BCUT2D eigenvalue weighted by Crippen LogP contribution is -2.37. The average molecular weight is 419 g/mol. The Morgan fingerprint density at radius 1 is 1.29 bits per heavy atom. The Bertz CT molecular complexity index is 1160. The fourth-order valence-corrected chi connectivity index (χ4v) is 3.28. The predicted octanol–water partition coefficient (Wildman–Crippen LogP) is 2.66. The molecule has 2 aromatic heterocycles. The zero-order valence-corrected chi connectivity index (χ0v) is 17.1. The number of nitrogens with one attached hydrogen (secondary N) is 1. The molecular formula is C22H21N5O4. The standard InChI is InChI=1S/C22H21N5O4/c1-14-9-15(10-23)3-5-17(14)18-12-25-27(20(18)28)19-6-4-16(11-24-19)21(29)31-26-22(7-8-22)13-30-2/h3-6,9,11-12,26,28H,7-8,13H2,1-2H3. The number of aromatic nitrogens is 3. The molecule has 1 aliphatic carbocycles. The summed E-state index contributed by atoms with van der Waals surface area (Å²) in [7, 11) is 1.60. The molecule has 31 heavy (non-hydrogen) atoms. The van der Waals surface area contributed by atoms with Gasteiger partial charge in [-0.2, -0.15) is 15.0 Å². The van der Waals surface area contributed by atoms with E-state index >= 15 is 0 Å². The number of hydroxylamine groups is 1. The maximum absolute atomic E-state index is 12.3. The number of carbonyl (C=O) groups is 1. The van der Waals surface area contributed by atoms with E-state index < -0.39 is 5.97 Å². The molecule has 2 N–H and O–H groups in total. The number of pyridine rings is 1. The van der Waals surface area contributed by atoms with Crippen LogP contribution in [-0.4, -0.2) is 45.1 Å². The van der Waals surface area contributed by atoms with Crippen molar-refractivity contribution in [3.8, 4) is 28.9 Å². The summed E-state index contributed by atoms with van der Waals surface area (Å²) in [6.45, 7) is 2.33. The highest BCUT2D eigenvalue weighted by molar-refractivity contribution is 5.89. The number of nitriles is 1. The molecule has 0 radical (unpaired) electrons. The third-order valence-corrected chi connectivity index (χ3v) is 5.22. The topological polar surface area (TPSA) is 122 Å². The predicted molar refractivity (Wildman–Crippen MR) is 110 cm³/mol. The average Bonchev–Trinajstić information content (AvgIpc) is 3.45. The smallest absolute Gasteiger partial charge is 0.358 e. The third kappa shape index (κ3) is 4.12.